The first-order chi connectivity index (χ1) is 8.86. The first-order valence-electron chi connectivity index (χ1n) is 5.93. The van der Waals surface area contributed by atoms with Crippen molar-refractivity contribution in [3.05, 3.63) is 65.5 Å². The van der Waals surface area contributed by atoms with Crippen molar-refractivity contribution in [3.63, 3.8) is 0 Å². The molecular weight excluding hydrogens is 238 g/mol. The fourth-order valence-electron chi connectivity index (χ4n) is 2.11. The number of rotatable bonds is 2. The molecule has 18 heavy (non-hydrogen) atoms. The molecule has 0 fully saturated rings. The van der Waals surface area contributed by atoms with Gasteiger partial charge >= 0.3 is 0 Å². The fraction of sp³-hybridized carbons (Fsp3) is 0.0625. The molecule has 0 bridgehead atoms. The molecule has 88 valence electrons. The summed E-state index contributed by atoms with van der Waals surface area (Å²) in [5, 5.41) is 0. The van der Waals surface area contributed by atoms with Crippen LogP contribution in [-0.2, 0) is 0 Å². The highest BCUT2D eigenvalue weighted by atomic mass is 32.1. The van der Waals surface area contributed by atoms with Crippen LogP contribution in [0.5, 0.6) is 0 Å². The molecular formula is C16H13NS. The highest BCUT2D eigenvalue weighted by Gasteiger charge is 2.13. The molecule has 2 heteroatoms. The lowest BCUT2D eigenvalue weighted by Gasteiger charge is -2.04. The third-order valence-corrected chi connectivity index (χ3v) is 3.72. The second kappa shape index (κ2) is 4.75. The number of hydrogen-bond acceptors (Lipinski definition) is 2. The smallest absolute Gasteiger partial charge is 0.0921 e. The number of benzene rings is 2. The van der Waals surface area contributed by atoms with Crippen molar-refractivity contribution in [2.75, 3.05) is 0 Å². The van der Waals surface area contributed by atoms with Crippen LogP contribution < -0.4 is 0 Å². The van der Waals surface area contributed by atoms with Gasteiger partial charge in [-0.05, 0) is 24.0 Å². The number of nitrogens with zero attached hydrogens (tertiary/aromatic N) is 1. The fourth-order valence-corrected chi connectivity index (χ4v) is 2.84. The van der Waals surface area contributed by atoms with Crippen LogP contribution in [0.25, 0.3) is 22.4 Å². The van der Waals surface area contributed by atoms with Gasteiger partial charge in [0.2, 0.25) is 0 Å². The highest BCUT2D eigenvalue weighted by molar-refractivity contribution is 7.06. The first kappa shape index (κ1) is 11.2. The molecule has 2 aromatic carbocycles. The second-order valence-electron chi connectivity index (χ2n) is 4.19. The van der Waals surface area contributed by atoms with Gasteiger partial charge in [0.25, 0.3) is 0 Å². The molecule has 1 nitrogen and oxygen atoms in total. The van der Waals surface area contributed by atoms with E-state index in [1.54, 1.807) is 11.5 Å². The van der Waals surface area contributed by atoms with E-state index in [0.29, 0.717) is 0 Å². The number of aryl methyl sites for hydroxylation is 1. The third-order valence-electron chi connectivity index (χ3n) is 2.97. The van der Waals surface area contributed by atoms with Gasteiger partial charge in [0.05, 0.1) is 5.69 Å². The Morgan fingerprint density at radius 2 is 1.33 bits per heavy atom. The minimum atomic E-state index is 1.09. The van der Waals surface area contributed by atoms with Crippen molar-refractivity contribution in [3.8, 4) is 22.4 Å². The summed E-state index contributed by atoms with van der Waals surface area (Å²) in [6, 6.07) is 20.8. The molecule has 0 radical (unpaired) electrons. The molecule has 0 saturated carbocycles. The molecule has 1 heterocycles. The van der Waals surface area contributed by atoms with Gasteiger partial charge in [0, 0.05) is 16.0 Å². The van der Waals surface area contributed by atoms with E-state index < -0.39 is 0 Å². The largest absolute Gasteiger partial charge is 0.192 e. The normalized spacial score (nSPS) is 10.5. The minimum absolute atomic E-state index is 1.09. The van der Waals surface area contributed by atoms with Crippen LogP contribution in [0.1, 0.15) is 4.88 Å². The SMILES string of the molecule is Cc1snc(-c2ccccc2)c1-c1ccccc1. The van der Waals surface area contributed by atoms with Gasteiger partial charge < -0.3 is 0 Å². The molecule has 3 aromatic rings. The van der Waals surface area contributed by atoms with Crippen LogP contribution in [0.3, 0.4) is 0 Å². The summed E-state index contributed by atoms with van der Waals surface area (Å²) in [4.78, 5) is 1.26. The molecule has 0 saturated heterocycles. The van der Waals surface area contributed by atoms with E-state index in [9.17, 15) is 0 Å². The van der Waals surface area contributed by atoms with Crippen molar-refractivity contribution in [2.24, 2.45) is 0 Å². The Morgan fingerprint density at radius 1 is 0.778 bits per heavy atom. The van der Waals surface area contributed by atoms with Crippen molar-refractivity contribution >= 4 is 11.5 Å². The van der Waals surface area contributed by atoms with Gasteiger partial charge in [-0.15, -0.1) is 0 Å². The van der Waals surface area contributed by atoms with E-state index in [2.05, 4.69) is 59.8 Å². The van der Waals surface area contributed by atoms with E-state index >= 15 is 0 Å². The van der Waals surface area contributed by atoms with E-state index in [4.69, 9.17) is 0 Å². The molecule has 0 atom stereocenters. The van der Waals surface area contributed by atoms with Crippen LogP contribution >= 0.6 is 11.5 Å². The third kappa shape index (κ3) is 1.95. The van der Waals surface area contributed by atoms with E-state index in [-0.39, 0.29) is 0 Å². The summed E-state index contributed by atoms with van der Waals surface area (Å²) in [7, 11) is 0. The average Bonchev–Trinajstić information content (AvgIpc) is 2.83. The molecule has 0 aliphatic carbocycles. The molecule has 0 amide bonds. The Balaban J connectivity index is 2.19. The zero-order chi connectivity index (χ0) is 12.4. The molecule has 0 spiro atoms. The lowest BCUT2D eigenvalue weighted by atomic mass is 10.00. The zero-order valence-electron chi connectivity index (χ0n) is 10.1. The van der Waals surface area contributed by atoms with Crippen LogP contribution in [0.2, 0.25) is 0 Å². The van der Waals surface area contributed by atoms with Gasteiger partial charge in [-0.25, -0.2) is 0 Å². The second-order valence-corrected chi connectivity index (χ2v) is 5.17. The van der Waals surface area contributed by atoms with E-state index in [1.807, 2.05) is 12.1 Å². The number of hydrogen-bond donors (Lipinski definition) is 0. The predicted octanol–water partition coefficient (Wildman–Crippen LogP) is 4.79. The van der Waals surface area contributed by atoms with Crippen molar-refractivity contribution in [2.45, 2.75) is 6.92 Å². The summed E-state index contributed by atoms with van der Waals surface area (Å²) < 4.78 is 4.60. The maximum Gasteiger partial charge on any atom is 0.0921 e. The van der Waals surface area contributed by atoms with Crippen LogP contribution in [0.4, 0.5) is 0 Å². The van der Waals surface area contributed by atoms with Crippen LogP contribution in [0, 0.1) is 6.92 Å². The highest BCUT2D eigenvalue weighted by Crippen LogP contribution is 2.35. The average molecular weight is 251 g/mol. The Hall–Kier alpha value is -1.93. The predicted molar refractivity (Wildman–Crippen MR) is 77.7 cm³/mol. The quantitative estimate of drug-likeness (QED) is 0.638. The molecule has 0 aliphatic heterocycles. The monoisotopic (exact) mass is 251 g/mol. The zero-order valence-corrected chi connectivity index (χ0v) is 10.9. The first-order valence-corrected chi connectivity index (χ1v) is 6.71. The Kier molecular flexibility index (Phi) is 2.95. The topological polar surface area (TPSA) is 12.9 Å². The van der Waals surface area contributed by atoms with Crippen molar-refractivity contribution in [1.29, 1.82) is 0 Å². The maximum absolute atomic E-state index is 4.60. The lowest BCUT2D eigenvalue weighted by molar-refractivity contribution is 1.50. The Bertz CT molecular complexity index is 641. The van der Waals surface area contributed by atoms with Gasteiger partial charge in [0.1, 0.15) is 0 Å². The molecule has 0 unspecified atom stereocenters. The number of aromatic nitrogens is 1. The Morgan fingerprint density at radius 3 is 1.94 bits per heavy atom. The summed E-state index contributed by atoms with van der Waals surface area (Å²) in [5.74, 6) is 0. The van der Waals surface area contributed by atoms with Gasteiger partial charge in [0.15, 0.2) is 0 Å². The summed E-state index contributed by atoms with van der Waals surface area (Å²) >= 11 is 1.57. The summed E-state index contributed by atoms with van der Waals surface area (Å²) in [6.45, 7) is 2.13. The molecule has 0 N–H and O–H groups in total. The summed E-state index contributed by atoms with van der Waals surface area (Å²) in [6.07, 6.45) is 0. The van der Waals surface area contributed by atoms with Gasteiger partial charge in [-0.2, -0.15) is 4.37 Å². The van der Waals surface area contributed by atoms with Crippen LogP contribution in [0.15, 0.2) is 60.7 Å². The van der Waals surface area contributed by atoms with E-state index in [0.717, 1.165) is 5.69 Å². The lowest BCUT2D eigenvalue weighted by Crippen LogP contribution is -1.83. The minimum Gasteiger partial charge on any atom is -0.192 e. The van der Waals surface area contributed by atoms with Crippen LogP contribution in [-0.4, -0.2) is 4.37 Å². The van der Waals surface area contributed by atoms with Crippen molar-refractivity contribution < 1.29 is 0 Å². The van der Waals surface area contributed by atoms with Gasteiger partial charge in [-0.3, -0.25) is 0 Å². The van der Waals surface area contributed by atoms with E-state index in [1.165, 1.54) is 21.6 Å². The molecule has 3 rings (SSSR count). The standard InChI is InChI=1S/C16H13NS/c1-12-15(13-8-4-2-5-9-13)16(17-18-12)14-10-6-3-7-11-14/h2-11H,1H3. The maximum atomic E-state index is 4.60. The van der Waals surface area contributed by atoms with Crippen molar-refractivity contribution in [1.82, 2.24) is 4.37 Å². The molecule has 0 aliphatic rings. The van der Waals surface area contributed by atoms with Gasteiger partial charge in [-0.1, -0.05) is 60.7 Å². The summed E-state index contributed by atoms with van der Waals surface area (Å²) in [5.41, 5.74) is 4.76. The Labute approximate surface area is 111 Å². The molecule has 1 aromatic heterocycles.